The van der Waals surface area contributed by atoms with E-state index in [0.717, 1.165) is 0 Å². The van der Waals surface area contributed by atoms with Gasteiger partial charge in [-0.25, -0.2) is 0 Å². The molecule has 0 radical (unpaired) electrons. The maximum absolute atomic E-state index is 11.3. The molecule has 1 atom stereocenters. The molecule has 19 heavy (non-hydrogen) atoms. The van der Waals surface area contributed by atoms with Crippen LogP contribution in [-0.4, -0.2) is 45.8 Å². The number of hydroxylamine groups is 4. The Labute approximate surface area is 108 Å². The molecule has 1 N–H and O–H groups in total. The zero-order valence-corrected chi connectivity index (χ0v) is 10.3. The number of carbonyl (C=O) groups is 4. The molecule has 1 aliphatic heterocycles. The van der Waals surface area contributed by atoms with Gasteiger partial charge in [-0.2, -0.15) is 4.79 Å². The van der Waals surface area contributed by atoms with Gasteiger partial charge in [0, 0.05) is 19.3 Å². The molecule has 1 rings (SSSR count). The Balaban J connectivity index is 2.51. The monoisotopic (exact) mass is 274 g/mol. The molecule has 1 saturated heterocycles. The summed E-state index contributed by atoms with van der Waals surface area (Å²) in [6.07, 6.45) is -2.07. The summed E-state index contributed by atoms with van der Waals surface area (Å²) >= 11 is 0. The molecule has 0 aromatic carbocycles. The molecule has 1 unspecified atom stereocenters. The summed E-state index contributed by atoms with van der Waals surface area (Å²) < 4.78 is 0. The van der Waals surface area contributed by atoms with Crippen molar-refractivity contribution in [1.82, 2.24) is 10.1 Å². The molecule has 9 heteroatoms. The van der Waals surface area contributed by atoms with Crippen LogP contribution in [0.5, 0.6) is 0 Å². The zero-order valence-electron chi connectivity index (χ0n) is 10.3. The third-order valence-corrected chi connectivity index (χ3v) is 2.28. The standard InChI is InChI=1S/C10H14N2O7/c1-2-3-7(14)11(6-13)18-10(17)19-12-8(15)4-5-9(12)16/h6,8,15H,2-5H2,1H3. The van der Waals surface area contributed by atoms with E-state index >= 15 is 0 Å². The third-order valence-electron chi connectivity index (χ3n) is 2.28. The van der Waals surface area contributed by atoms with Crippen molar-refractivity contribution in [2.75, 3.05) is 0 Å². The van der Waals surface area contributed by atoms with Gasteiger partial charge in [-0.05, 0) is 6.42 Å². The molecule has 1 fully saturated rings. The minimum Gasteiger partial charge on any atom is -0.370 e. The van der Waals surface area contributed by atoms with Crippen LogP contribution >= 0.6 is 0 Å². The first kappa shape index (κ1) is 14.9. The molecule has 0 aromatic rings. The van der Waals surface area contributed by atoms with Gasteiger partial charge in [-0.15, -0.1) is 10.1 Å². The lowest BCUT2D eigenvalue weighted by atomic mass is 10.3. The summed E-state index contributed by atoms with van der Waals surface area (Å²) in [5.74, 6) is -1.32. The SMILES string of the molecule is CCCC(=O)N(C=O)OC(=O)ON1C(=O)CCC1O. The summed E-state index contributed by atoms with van der Waals surface area (Å²) in [6, 6.07) is 0. The number of rotatable bonds is 4. The van der Waals surface area contributed by atoms with Crippen molar-refractivity contribution < 1.29 is 34.0 Å². The van der Waals surface area contributed by atoms with Gasteiger partial charge in [-0.1, -0.05) is 6.92 Å². The summed E-state index contributed by atoms with van der Waals surface area (Å²) in [6.45, 7) is 1.71. The van der Waals surface area contributed by atoms with Gasteiger partial charge in [0.15, 0.2) is 6.23 Å². The maximum atomic E-state index is 11.3. The first-order valence-electron chi connectivity index (χ1n) is 5.67. The van der Waals surface area contributed by atoms with Crippen LogP contribution in [0.2, 0.25) is 0 Å². The molecule has 1 aliphatic rings. The van der Waals surface area contributed by atoms with Gasteiger partial charge in [0.25, 0.3) is 18.2 Å². The van der Waals surface area contributed by atoms with Crippen LogP contribution < -0.4 is 0 Å². The van der Waals surface area contributed by atoms with Crippen molar-refractivity contribution in [3.05, 3.63) is 0 Å². The Kier molecular flexibility index (Phi) is 5.24. The molecule has 0 spiro atoms. The van der Waals surface area contributed by atoms with E-state index in [1.54, 1.807) is 6.92 Å². The fourth-order valence-corrected chi connectivity index (χ4v) is 1.39. The van der Waals surface area contributed by atoms with E-state index in [-0.39, 0.29) is 30.7 Å². The van der Waals surface area contributed by atoms with E-state index < -0.39 is 24.2 Å². The minimum atomic E-state index is -1.45. The minimum absolute atomic E-state index is 0.0112. The zero-order chi connectivity index (χ0) is 14.4. The normalized spacial score (nSPS) is 18.1. The summed E-state index contributed by atoms with van der Waals surface area (Å²) in [4.78, 5) is 53.1. The van der Waals surface area contributed by atoms with Crippen molar-refractivity contribution in [3.8, 4) is 0 Å². The van der Waals surface area contributed by atoms with E-state index in [1.165, 1.54) is 0 Å². The van der Waals surface area contributed by atoms with Crippen LogP contribution in [0.3, 0.4) is 0 Å². The molecule has 0 aromatic heterocycles. The Morgan fingerprint density at radius 2 is 2.26 bits per heavy atom. The quantitative estimate of drug-likeness (QED) is 0.552. The Hall–Kier alpha value is -2.16. The first-order chi connectivity index (χ1) is 8.99. The molecule has 1 heterocycles. The molecule has 0 aliphatic carbocycles. The second-order valence-electron chi connectivity index (χ2n) is 3.75. The Morgan fingerprint density at radius 3 is 2.74 bits per heavy atom. The lowest BCUT2D eigenvalue weighted by Crippen LogP contribution is -2.39. The summed E-state index contributed by atoms with van der Waals surface area (Å²) in [5.41, 5.74) is 0. The smallest absolute Gasteiger partial charge is 0.370 e. The molecule has 0 bridgehead atoms. The number of carbonyl (C=O) groups excluding carboxylic acids is 4. The van der Waals surface area contributed by atoms with Crippen LogP contribution in [0.25, 0.3) is 0 Å². The van der Waals surface area contributed by atoms with Crippen LogP contribution in [0.15, 0.2) is 0 Å². The van der Waals surface area contributed by atoms with Gasteiger partial charge >= 0.3 is 6.16 Å². The predicted molar refractivity (Wildman–Crippen MR) is 57.5 cm³/mol. The van der Waals surface area contributed by atoms with E-state index in [1.807, 2.05) is 0 Å². The second-order valence-corrected chi connectivity index (χ2v) is 3.75. The molecule has 9 nitrogen and oxygen atoms in total. The van der Waals surface area contributed by atoms with Gasteiger partial charge in [-0.3, -0.25) is 24.1 Å². The number of hydrogen-bond acceptors (Lipinski definition) is 7. The van der Waals surface area contributed by atoms with E-state index in [4.69, 9.17) is 0 Å². The van der Waals surface area contributed by atoms with Crippen molar-refractivity contribution in [3.63, 3.8) is 0 Å². The Morgan fingerprint density at radius 1 is 1.58 bits per heavy atom. The molecular formula is C10H14N2O7. The lowest BCUT2D eigenvalue weighted by molar-refractivity contribution is -0.218. The van der Waals surface area contributed by atoms with E-state index in [0.29, 0.717) is 11.5 Å². The van der Waals surface area contributed by atoms with Crippen LogP contribution in [0, 0.1) is 0 Å². The van der Waals surface area contributed by atoms with Gasteiger partial charge in [0.2, 0.25) is 0 Å². The van der Waals surface area contributed by atoms with E-state index in [9.17, 15) is 24.3 Å². The molecule has 3 amide bonds. The number of nitrogens with zero attached hydrogens (tertiary/aromatic N) is 2. The summed E-state index contributed by atoms with van der Waals surface area (Å²) in [7, 11) is 0. The highest BCUT2D eigenvalue weighted by atomic mass is 16.9. The average molecular weight is 274 g/mol. The van der Waals surface area contributed by atoms with Crippen LogP contribution in [-0.2, 0) is 24.1 Å². The number of aliphatic hydroxyl groups excluding tert-OH is 1. The van der Waals surface area contributed by atoms with E-state index in [2.05, 4.69) is 9.68 Å². The topological polar surface area (TPSA) is 113 Å². The van der Waals surface area contributed by atoms with Crippen molar-refractivity contribution in [1.29, 1.82) is 0 Å². The van der Waals surface area contributed by atoms with Crippen LogP contribution in [0.1, 0.15) is 32.6 Å². The van der Waals surface area contributed by atoms with Gasteiger partial charge in [0.1, 0.15) is 0 Å². The predicted octanol–water partition coefficient (Wildman–Crippen LogP) is -0.305. The lowest BCUT2D eigenvalue weighted by Gasteiger charge is -2.19. The van der Waals surface area contributed by atoms with Crippen molar-refractivity contribution in [2.45, 2.75) is 38.8 Å². The second kappa shape index (κ2) is 6.69. The Bertz CT molecular complexity index is 384. The fourth-order valence-electron chi connectivity index (χ4n) is 1.39. The number of aliphatic hydroxyl groups is 1. The highest BCUT2D eigenvalue weighted by Crippen LogP contribution is 2.17. The first-order valence-corrected chi connectivity index (χ1v) is 5.67. The van der Waals surface area contributed by atoms with Gasteiger partial charge in [0.05, 0.1) is 0 Å². The number of amides is 3. The third kappa shape index (κ3) is 3.91. The largest absolute Gasteiger partial charge is 0.559 e. The maximum Gasteiger partial charge on any atom is 0.559 e. The molecule has 0 saturated carbocycles. The highest BCUT2D eigenvalue weighted by molar-refractivity contribution is 5.86. The average Bonchev–Trinajstić information content (AvgIpc) is 2.68. The summed E-state index contributed by atoms with van der Waals surface area (Å²) in [5, 5.41) is 9.93. The molecular weight excluding hydrogens is 260 g/mol. The van der Waals surface area contributed by atoms with Crippen molar-refractivity contribution >= 4 is 24.4 Å². The van der Waals surface area contributed by atoms with Crippen molar-refractivity contribution in [2.24, 2.45) is 0 Å². The fraction of sp³-hybridized carbons (Fsp3) is 0.600. The number of imide groups is 1. The molecule has 106 valence electrons. The van der Waals surface area contributed by atoms with Crippen LogP contribution in [0.4, 0.5) is 4.79 Å². The number of hydrogen-bond donors (Lipinski definition) is 1. The highest BCUT2D eigenvalue weighted by Gasteiger charge is 2.34. The van der Waals surface area contributed by atoms with Gasteiger partial charge < -0.3 is 5.11 Å².